The molecule has 1 unspecified atom stereocenters. The number of benzene rings is 1. The highest BCUT2D eigenvalue weighted by molar-refractivity contribution is 9.10. The second-order valence-electron chi connectivity index (χ2n) is 3.91. The molecule has 0 aromatic heterocycles. The van der Waals surface area contributed by atoms with Gasteiger partial charge in [0.25, 0.3) is 0 Å². The first kappa shape index (κ1) is 19.5. The first-order valence-electron chi connectivity index (χ1n) is 6.91. The Hall–Kier alpha value is -1.49. The van der Waals surface area contributed by atoms with Crippen molar-refractivity contribution in [2.24, 2.45) is 10.9 Å². The van der Waals surface area contributed by atoms with Gasteiger partial charge < -0.3 is 4.74 Å². The summed E-state index contributed by atoms with van der Waals surface area (Å²) in [6.07, 6.45) is 0. The number of rotatable bonds is 5. The molecule has 5 heteroatoms. The molecule has 0 N–H and O–H groups in total. The molecule has 0 amide bonds. The van der Waals surface area contributed by atoms with Gasteiger partial charge in [-0.3, -0.25) is 14.6 Å². The molecule has 116 valence electrons. The lowest BCUT2D eigenvalue weighted by atomic mass is 9.93. The molecule has 0 radical (unpaired) electrons. The summed E-state index contributed by atoms with van der Waals surface area (Å²) in [5.74, 6) is -1.80. The molecule has 21 heavy (non-hydrogen) atoms. The van der Waals surface area contributed by atoms with E-state index >= 15 is 0 Å². The molecule has 0 fully saturated rings. The van der Waals surface area contributed by atoms with Gasteiger partial charge in [-0.1, -0.05) is 41.9 Å². The van der Waals surface area contributed by atoms with Crippen molar-refractivity contribution in [1.82, 2.24) is 0 Å². The number of aliphatic imine (C=N–C) groups is 1. The van der Waals surface area contributed by atoms with Crippen molar-refractivity contribution >= 4 is 33.4 Å². The van der Waals surface area contributed by atoms with Crippen molar-refractivity contribution in [1.29, 1.82) is 0 Å². The number of ether oxygens (including phenoxy) is 1. The van der Waals surface area contributed by atoms with Gasteiger partial charge in [0.1, 0.15) is 5.78 Å². The largest absolute Gasteiger partial charge is 0.465 e. The van der Waals surface area contributed by atoms with Gasteiger partial charge in [-0.25, -0.2) is 0 Å². The van der Waals surface area contributed by atoms with E-state index in [1.165, 1.54) is 6.92 Å². The number of carbonyl (C=O) groups is 2. The molecule has 0 spiro atoms. The van der Waals surface area contributed by atoms with Crippen LogP contribution in [0.25, 0.3) is 0 Å². The van der Waals surface area contributed by atoms with Gasteiger partial charge in [-0.2, -0.15) is 0 Å². The molecule has 1 aromatic carbocycles. The highest BCUT2D eigenvalue weighted by atomic mass is 79.9. The van der Waals surface area contributed by atoms with Crippen LogP contribution in [-0.4, -0.2) is 31.1 Å². The lowest BCUT2D eigenvalue weighted by molar-refractivity contribution is -0.148. The zero-order chi connectivity index (χ0) is 16.4. The number of esters is 1. The Kier molecular flexibility index (Phi) is 9.54. The van der Waals surface area contributed by atoms with E-state index in [0.29, 0.717) is 5.71 Å². The molecule has 4 nitrogen and oxygen atoms in total. The van der Waals surface area contributed by atoms with Gasteiger partial charge in [-0.05, 0) is 31.5 Å². The number of Topliss-reactive ketones (excluding diaryl/α,β-unsaturated/α-hetero) is 1. The third kappa shape index (κ3) is 5.79. The fourth-order valence-electron chi connectivity index (χ4n) is 1.74. The van der Waals surface area contributed by atoms with E-state index in [2.05, 4.69) is 20.9 Å². The predicted octanol–water partition coefficient (Wildman–Crippen LogP) is 3.66. The zero-order valence-electron chi connectivity index (χ0n) is 13.1. The minimum atomic E-state index is -0.967. The van der Waals surface area contributed by atoms with E-state index in [0.717, 1.165) is 10.0 Å². The smallest absolute Gasteiger partial charge is 0.322 e. The summed E-state index contributed by atoms with van der Waals surface area (Å²) in [7, 11) is 1.56. The quantitative estimate of drug-likeness (QED) is 0.460. The second-order valence-corrected chi connectivity index (χ2v) is 4.83. The van der Waals surface area contributed by atoms with Crippen molar-refractivity contribution in [2.45, 2.75) is 27.7 Å². The van der Waals surface area contributed by atoms with Crippen LogP contribution in [0.2, 0.25) is 0 Å². The molecule has 0 aliphatic carbocycles. The van der Waals surface area contributed by atoms with Crippen LogP contribution in [0, 0.1) is 5.92 Å². The van der Waals surface area contributed by atoms with Crippen LogP contribution < -0.4 is 0 Å². The zero-order valence-corrected chi connectivity index (χ0v) is 14.7. The topological polar surface area (TPSA) is 55.7 Å². The Morgan fingerprint density at radius 2 is 1.76 bits per heavy atom. The number of nitrogens with zero attached hydrogens (tertiary/aromatic N) is 1. The van der Waals surface area contributed by atoms with Crippen LogP contribution in [0.3, 0.4) is 0 Å². The third-order valence-corrected chi connectivity index (χ3v) is 3.11. The highest BCUT2D eigenvalue weighted by Gasteiger charge is 2.30. The van der Waals surface area contributed by atoms with E-state index in [1.54, 1.807) is 14.0 Å². The molecule has 1 rings (SSSR count). The normalized spacial score (nSPS) is 12.0. The summed E-state index contributed by atoms with van der Waals surface area (Å²) in [6, 6.07) is 7.29. The Morgan fingerprint density at radius 1 is 1.24 bits per heavy atom. The molecular weight excluding hydrogens is 334 g/mol. The molecule has 0 saturated carbocycles. The first-order valence-corrected chi connectivity index (χ1v) is 7.70. The monoisotopic (exact) mass is 355 g/mol. The Morgan fingerprint density at radius 3 is 2.14 bits per heavy atom. The average Bonchev–Trinajstić information content (AvgIpc) is 2.47. The third-order valence-electron chi connectivity index (χ3n) is 2.58. The minimum Gasteiger partial charge on any atom is -0.465 e. The van der Waals surface area contributed by atoms with Gasteiger partial charge in [0.2, 0.25) is 0 Å². The summed E-state index contributed by atoms with van der Waals surface area (Å²) in [4.78, 5) is 27.7. The van der Waals surface area contributed by atoms with Crippen LogP contribution in [0.4, 0.5) is 0 Å². The standard InChI is InChI=1S/C14H16BrNO3.C2H6/c1-4-19-14(18)12(9(2)17)13(16-3)10-5-7-11(15)8-6-10;1-2/h5-8,12H,4H2,1-3H3;1-2H3. The molecule has 0 bridgehead atoms. The minimum absolute atomic E-state index is 0.236. The van der Waals surface area contributed by atoms with E-state index in [-0.39, 0.29) is 12.4 Å². The van der Waals surface area contributed by atoms with Gasteiger partial charge in [-0.15, -0.1) is 0 Å². The summed E-state index contributed by atoms with van der Waals surface area (Å²) in [5, 5.41) is 0. The maximum absolute atomic E-state index is 11.9. The second kappa shape index (κ2) is 10.3. The fraction of sp³-hybridized carbons (Fsp3) is 0.438. The SMILES string of the molecule is CC.CCOC(=O)C(C(C)=O)C(=NC)c1ccc(Br)cc1. The number of carbonyl (C=O) groups excluding carboxylic acids is 2. The molecule has 1 atom stereocenters. The van der Waals surface area contributed by atoms with Gasteiger partial charge >= 0.3 is 5.97 Å². The Bertz CT molecular complexity index is 495. The highest BCUT2D eigenvalue weighted by Crippen LogP contribution is 2.17. The lowest BCUT2D eigenvalue weighted by Crippen LogP contribution is -2.32. The number of ketones is 1. The molecule has 0 aliphatic rings. The summed E-state index contributed by atoms with van der Waals surface area (Å²) < 4.78 is 5.86. The van der Waals surface area contributed by atoms with Crippen molar-refractivity contribution in [3.8, 4) is 0 Å². The Labute approximate surface area is 134 Å². The van der Waals surface area contributed by atoms with Gasteiger partial charge in [0.05, 0.1) is 12.3 Å². The lowest BCUT2D eigenvalue weighted by Gasteiger charge is -2.15. The molecule has 0 heterocycles. The molecular formula is C16H22BrNO3. The first-order chi connectivity index (χ1) is 10.0. The van der Waals surface area contributed by atoms with Crippen molar-refractivity contribution in [2.75, 3.05) is 13.7 Å². The van der Waals surface area contributed by atoms with E-state index in [1.807, 2.05) is 38.1 Å². The van der Waals surface area contributed by atoms with Crippen LogP contribution in [0.1, 0.15) is 33.3 Å². The predicted molar refractivity (Wildman–Crippen MR) is 88.8 cm³/mol. The molecule has 0 aliphatic heterocycles. The number of hydrogen-bond acceptors (Lipinski definition) is 4. The summed E-state index contributed by atoms with van der Waals surface area (Å²) in [6.45, 7) is 7.31. The molecule has 1 aromatic rings. The average molecular weight is 356 g/mol. The number of halogens is 1. The van der Waals surface area contributed by atoms with Crippen LogP contribution in [-0.2, 0) is 14.3 Å². The number of hydrogen-bond donors (Lipinski definition) is 0. The van der Waals surface area contributed by atoms with Crippen LogP contribution >= 0.6 is 15.9 Å². The van der Waals surface area contributed by atoms with Gasteiger partial charge in [0.15, 0.2) is 5.92 Å². The molecule has 0 saturated heterocycles. The van der Waals surface area contributed by atoms with Crippen molar-refractivity contribution in [3.63, 3.8) is 0 Å². The van der Waals surface area contributed by atoms with E-state index in [4.69, 9.17) is 4.74 Å². The van der Waals surface area contributed by atoms with Crippen LogP contribution in [0.5, 0.6) is 0 Å². The van der Waals surface area contributed by atoms with Crippen LogP contribution in [0.15, 0.2) is 33.7 Å². The summed E-state index contributed by atoms with van der Waals surface area (Å²) in [5.41, 5.74) is 1.16. The maximum Gasteiger partial charge on any atom is 0.322 e. The maximum atomic E-state index is 11.9. The van der Waals surface area contributed by atoms with E-state index in [9.17, 15) is 9.59 Å². The fourth-order valence-corrected chi connectivity index (χ4v) is 2.01. The van der Waals surface area contributed by atoms with Gasteiger partial charge in [0, 0.05) is 11.5 Å². The van der Waals surface area contributed by atoms with E-state index < -0.39 is 11.9 Å². The van der Waals surface area contributed by atoms with Crippen molar-refractivity contribution < 1.29 is 14.3 Å². The summed E-state index contributed by atoms with van der Waals surface area (Å²) >= 11 is 3.34. The Balaban J connectivity index is 0.00000191. The van der Waals surface area contributed by atoms with Crippen molar-refractivity contribution in [3.05, 3.63) is 34.3 Å².